The Morgan fingerprint density at radius 3 is 2.35 bits per heavy atom. The average molecular weight is 319 g/mol. The van der Waals surface area contributed by atoms with Crippen molar-refractivity contribution >= 4 is 0 Å². The van der Waals surface area contributed by atoms with Gasteiger partial charge in [0.15, 0.2) is 0 Å². The Bertz CT molecular complexity index is 415. The minimum atomic E-state index is 0.222. The van der Waals surface area contributed by atoms with Gasteiger partial charge in [-0.3, -0.25) is 4.90 Å². The molecule has 0 aromatic heterocycles. The first-order chi connectivity index (χ1) is 11.2. The Labute approximate surface area is 142 Å². The van der Waals surface area contributed by atoms with Gasteiger partial charge in [0.1, 0.15) is 6.23 Å². The van der Waals surface area contributed by atoms with Gasteiger partial charge in [-0.15, -0.1) is 0 Å². The molecule has 1 saturated heterocycles. The van der Waals surface area contributed by atoms with Crippen LogP contribution in [0.2, 0.25) is 0 Å². The topological polar surface area (TPSA) is 15.7 Å². The summed E-state index contributed by atoms with van der Waals surface area (Å²) in [5.74, 6) is 0. The SMILES string of the molecule is CCCCN(CCCC)CC1CN(Cc2ccccc2)C(C)O1. The van der Waals surface area contributed by atoms with E-state index in [1.54, 1.807) is 0 Å². The highest BCUT2D eigenvalue weighted by molar-refractivity contribution is 5.14. The lowest BCUT2D eigenvalue weighted by atomic mass is 10.2. The number of hydrogen-bond donors (Lipinski definition) is 0. The zero-order valence-electron chi connectivity index (χ0n) is 15.2. The van der Waals surface area contributed by atoms with Crippen molar-refractivity contribution in [3.8, 4) is 0 Å². The number of ether oxygens (including phenoxy) is 1. The highest BCUT2D eigenvalue weighted by Crippen LogP contribution is 2.20. The van der Waals surface area contributed by atoms with Gasteiger partial charge in [0.25, 0.3) is 0 Å². The molecule has 1 aliphatic rings. The molecular weight excluding hydrogens is 284 g/mol. The predicted molar refractivity (Wildman–Crippen MR) is 97.4 cm³/mol. The molecule has 2 unspecified atom stereocenters. The summed E-state index contributed by atoms with van der Waals surface area (Å²) in [6.07, 6.45) is 5.69. The van der Waals surface area contributed by atoms with E-state index in [1.807, 2.05) is 0 Å². The van der Waals surface area contributed by atoms with Crippen LogP contribution in [0.25, 0.3) is 0 Å². The summed E-state index contributed by atoms with van der Waals surface area (Å²) in [5.41, 5.74) is 1.37. The zero-order valence-corrected chi connectivity index (χ0v) is 15.2. The third-order valence-electron chi connectivity index (χ3n) is 4.69. The Morgan fingerprint density at radius 1 is 1.09 bits per heavy atom. The van der Waals surface area contributed by atoms with Gasteiger partial charge < -0.3 is 9.64 Å². The number of unbranched alkanes of at least 4 members (excludes halogenated alkanes) is 2. The van der Waals surface area contributed by atoms with E-state index in [9.17, 15) is 0 Å². The minimum Gasteiger partial charge on any atom is -0.358 e. The molecule has 3 heteroatoms. The molecule has 0 N–H and O–H groups in total. The lowest BCUT2D eigenvalue weighted by Gasteiger charge is -2.24. The van der Waals surface area contributed by atoms with E-state index >= 15 is 0 Å². The van der Waals surface area contributed by atoms with Gasteiger partial charge >= 0.3 is 0 Å². The molecule has 3 nitrogen and oxygen atoms in total. The standard InChI is InChI=1S/C20H34N2O/c1-4-6-13-21(14-7-5-2)16-20-17-22(18(3)23-20)15-19-11-9-8-10-12-19/h8-12,18,20H,4-7,13-17H2,1-3H3. The van der Waals surface area contributed by atoms with Gasteiger partial charge in [-0.25, -0.2) is 0 Å². The molecule has 1 aromatic carbocycles. The summed E-state index contributed by atoms with van der Waals surface area (Å²) in [6, 6.07) is 10.7. The molecule has 0 radical (unpaired) electrons. The van der Waals surface area contributed by atoms with E-state index in [1.165, 1.54) is 44.3 Å². The quantitative estimate of drug-likeness (QED) is 0.645. The van der Waals surface area contributed by atoms with E-state index in [2.05, 4.69) is 60.9 Å². The van der Waals surface area contributed by atoms with Crippen LogP contribution in [0.5, 0.6) is 0 Å². The van der Waals surface area contributed by atoms with Crippen LogP contribution in [-0.4, -0.2) is 48.3 Å². The largest absolute Gasteiger partial charge is 0.358 e. The smallest absolute Gasteiger partial charge is 0.108 e. The van der Waals surface area contributed by atoms with Gasteiger partial charge in [0.05, 0.1) is 6.10 Å². The minimum absolute atomic E-state index is 0.222. The van der Waals surface area contributed by atoms with Crippen LogP contribution in [-0.2, 0) is 11.3 Å². The molecule has 1 heterocycles. The van der Waals surface area contributed by atoms with Crippen LogP contribution < -0.4 is 0 Å². The maximum absolute atomic E-state index is 6.22. The first-order valence-corrected chi connectivity index (χ1v) is 9.38. The number of nitrogens with zero attached hydrogens (tertiary/aromatic N) is 2. The fourth-order valence-electron chi connectivity index (χ4n) is 3.28. The Morgan fingerprint density at radius 2 is 1.74 bits per heavy atom. The summed E-state index contributed by atoms with van der Waals surface area (Å²) in [4.78, 5) is 5.06. The van der Waals surface area contributed by atoms with E-state index < -0.39 is 0 Å². The maximum Gasteiger partial charge on any atom is 0.108 e. The van der Waals surface area contributed by atoms with Crippen LogP contribution in [0.1, 0.15) is 52.0 Å². The maximum atomic E-state index is 6.22. The van der Waals surface area contributed by atoms with Gasteiger partial charge in [-0.2, -0.15) is 0 Å². The first-order valence-electron chi connectivity index (χ1n) is 9.38. The number of benzene rings is 1. The molecule has 1 aliphatic heterocycles. The molecule has 2 rings (SSSR count). The van der Waals surface area contributed by atoms with Crippen molar-refractivity contribution in [1.82, 2.24) is 9.80 Å². The lowest BCUT2D eigenvalue weighted by molar-refractivity contribution is -0.00113. The van der Waals surface area contributed by atoms with Crippen molar-refractivity contribution in [1.29, 1.82) is 0 Å². The number of rotatable bonds is 10. The molecule has 0 spiro atoms. The van der Waals surface area contributed by atoms with Crippen LogP contribution in [0.4, 0.5) is 0 Å². The summed E-state index contributed by atoms with van der Waals surface area (Å²) < 4.78 is 6.22. The molecule has 1 aromatic rings. The lowest BCUT2D eigenvalue weighted by Crippen LogP contribution is -2.36. The van der Waals surface area contributed by atoms with Crippen molar-refractivity contribution in [2.24, 2.45) is 0 Å². The van der Waals surface area contributed by atoms with Gasteiger partial charge in [0, 0.05) is 19.6 Å². The molecular formula is C20H34N2O. The van der Waals surface area contributed by atoms with Crippen molar-refractivity contribution in [2.75, 3.05) is 26.2 Å². The van der Waals surface area contributed by atoms with E-state index in [-0.39, 0.29) is 6.23 Å². The second-order valence-corrected chi connectivity index (χ2v) is 6.78. The van der Waals surface area contributed by atoms with Gasteiger partial charge in [0.2, 0.25) is 0 Å². The Kier molecular flexibility index (Phi) is 8.07. The van der Waals surface area contributed by atoms with E-state index in [0.717, 1.165) is 19.6 Å². The van der Waals surface area contributed by atoms with Crippen LogP contribution in [0.3, 0.4) is 0 Å². The molecule has 0 amide bonds. The van der Waals surface area contributed by atoms with Crippen molar-refractivity contribution in [2.45, 2.75) is 65.3 Å². The average Bonchev–Trinajstić information content (AvgIpc) is 2.90. The van der Waals surface area contributed by atoms with Crippen molar-refractivity contribution in [3.63, 3.8) is 0 Å². The molecule has 0 aliphatic carbocycles. The molecule has 23 heavy (non-hydrogen) atoms. The number of hydrogen-bond acceptors (Lipinski definition) is 3. The monoisotopic (exact) mass is 318 g/mol. The van der Waals surface area contributed by atoms with Crippen LogP contribution in [0, 0.1) is 0 Å². The molecule has 2 atom stereocenters. The fourth-order valence-corrected chi connectivity index (χ4v) is 3.28. The normalized spacial score (nSPS) is 22.1. The molecule has 130 valence electrons. The van der Waals surface area contributed by atoms with Gasteiger partial charge in [-0.05, 0) is 38.4 Å². The van der Waals surface area contributed by atoms with E-state index in [4.69, 9.17) is 4.74 Å². The first kappa shape index (κ1) is 18.4. The second-order valence-electron chi connectivity index (χ2n) is 6.78. The summed E-state index contributed by atoms with van der Waals surface area (Å²) >= 11 is 0. The third kappa shape index (κ3) is 6.25. The molecule has 1 fully saturated rings. The fraction of sp³-hybridized carbons (Fsp3) is 0.700. The van der Waals surface area contributed by atoms with Gasteiger partial charge in [-0.1, -0.05) is 57.0 Å². The third-order valence-corrected chi connectivity index (χ3v) is 4.69. The second kappa shape index (κ2) is 10.1. The molecule has 0 saturated carbocycles. The summed E-state index contributed by atoms with van der Waals surface area (Å²) in [5, 5.41) is 0. The zero-order chi connectivity index (χ0) is 16.5. The molecule has 0 bridgehead atoms. The Hall–Kier alpha value is -0.900. The Balaban J connectivity index is 1.83. The summed E-state index contributed by atoms with van der Waals surface area (Å²) in [7, 11) is 0. The van der Waals surface area contributed by atoms with Crippen molar-refractivity contribution in [3.05, 3.63) is 35.9 Å². The van der Waals surface area contributed by atoms with Crippen molar-refractivity contribution < 1.29 is 4.74 Å². The highest BCUT2D eigenvalue weighted by Gasteiger charge is 2.30. The van der Waals surface area contributed by atoms with Crippen LogP contribution >= 0.6 is 0 Å². The highest BCUT2D eigenvalue weighted by atomic mass is 16.5. The van der Waals surface area contributed by atoms with E-state index in [0.29, 0.717) is 6.10 Å². The predicted octanol–water partition coefficient (Wildman–Crippen LogP) is 4.14. The summed E-state index contributed by atoms with van der Waals surface area (Å²) in [6.45, 7) is 12.3. The van der Waals surface area contributed by atoms with Crippen LogP contribution in [0.15, 0.2) is 30.3 Å².